The van der Waals surface area contributed by atoms with Crippen LogP contribution in [0, 0.1) is 0 Å². The first-order chi connectivity index (χ1) is 9.43. The zero-order chi connectivity index (χ0) is 15.1. The molecule has 0 fully saturated rings. The number of aromatic nitrogens is 1. The van der Waals surface area contributed by atoms with Gasteiger partial charge in [-0.15, -0.1) is 0 Å². The summed E-state index contributed by atoms with van der Waals surface area (Å²) in [7, 11) is 0. The molecule has 0 aliphatic carbocycles. The van der Waals surface area contributed by atoms with Gasteiger partial charge in [0.25, 0.3) is 5.91 Å². The molecule has 0 unspecified atom stereocenters. The average Bonchev–Trinajstić information content (AvgIpc) is 2.38. The Morgan fingerprint density at radius 1 is 1.40 bits per heavy atom. The van der Waals surface area contributed by atoms with Gasteiger partial charge in [-0.2, -0.15) is 0 Å². The number of pyridine rings is 1. The molecule has 1 aromatic heterocycles. The normalized spacial score (nSPS) is 10.4. The minimum absolute atomic E-state index is 0.148. The zero-order valence-corrected chi connectivity index (χ0v) is 12.7. The predicted molar refractivity (Wildman–Crippen MR) is 76.9 cm³/mol. The highest BCUT2D eigenvalue weighted by molar-refractivity contribution is 6.29. The number of carbonyl (C=O) groups is 2. The van der Waals surface area contributed by atoms with Gasteiger partial charge in [0.1, 0.15) is 5.15 Å². The third-order valence-electron chi connectivity index (χ3n) is 2.59. The van der Waals surface area contributed by atoms with Crippen LogP contribution in [0.25, 0.3) is 0 Å². The van der Waals surface area contributed by atoms with E-state index in [1.165, 1.54) is 6.07 Å². The third kappa shape index (κ3) is 5.17. The fourth-order valence-electron chi connectivity index (χ4n) is 1.56. The molecule has 6 heteroatoms. The van der Waals surface area contributed by atoms with Gasteiger partial charge in [-0.3, -0.25) is 9.59 Å². The second-order valence-electron chi connectivity index (χ2n) is 4.57. The van der Waals surface area contributed by atoms with Crippen molar-refractivity contribution in [1.29, 1.82) is 0 Å². The topological polar surface area (TPSA) is 68.3 Å². The van der Waals surface area contributed by atoms with E-state index in [1.54, 1.807) is 13.0 Å². The van der Waals surface area contributed by atoms with E-state index in [1.807, 2.05) is 13.8 Å². The lowest BCUT2D eigenvalue weighted by Gasteiger charge is -2.09. The van der Waals surface area contributed by atoms with Crippen LogP contribution in [0.1, 0.15) is 49.2 Å². The van der Waals surface area contributed by atoms with Gasteiger partial charge in [0.05, 0.1) is 13.0 Å². The second kappa shape index (κ2) is 7.85. The smallest absolute Gasteiger partial charge is 0.307 e. The van der Waals surface area contributed by atoms with Crippen LogP contribution in [0.5, 0.6) is 0 Å². The summed E-state index contributed by atoms with van der Waals surface area (Å²) in [6, 6.07) is 3.21. The quantitative estimate of drug-likeness (QED) is 0.647. The molecule has 0 aromatic carbocycles. The number of halogens is 1. The SMILES string of the molecule is CCOC(=O)CCNC(=O)c1cc(Cl)nc(C(C)C)c1. The number of carbonyl (C=O) groups excluding carboxylic acids is 2. The Morgan fingerprint density at radius 3 is 2.70 bits per heavy atom. The minimum atomic E-state index is -0.330. The van der Waals surface area contributed by atoms with Crippen LogP contribution in [0.3, 0.4) is 0 Å². The predicted octanol–water partition coefficient (Wildman–Crippen LogP) is 2.54. The Morgan fingerprint density at radius 2 is 2.10 bits per heavy atom. The fraction of sp³-hybridized carbons (Fsp3) is 0.500. The van der Waals surface area contributed by atoms with E-state index in [-0.39, 0.29) is 35.9 Å². The molecule has 0 saturated heterocycles. The van der Waals surface area contributed by atoms with Crippen molar-refractivity contribution < 1.29 is 14.3 Å². The van der Waals surface area contributed by atoms with E-state index in [0.29, 0.717) is 12.2 Å². The van der Waals surface area contributed by atoms with Crippen LogP contribution >= 0.6 is 11.6 Å². The first-order valence-electron chi connectivity index (χ1n) is 6.55. The maximum Gasteiger partial charge on any atom is 0.307 e. The van der Waals surface area contributed by atoms with E-state index in [9.17, 15) is 9.59 Å². The summed E-state index contributed by atoms with van der Waals surface area (Å²) in [4.78, 5) is 27.3. The van der Waals surface area contributed by atoms with Crippen LogP contribution in [0.2, 0.25) is 5.15 Å². The van der Waals surface area contributed by atoms with Crippen LogP contribution in [-0.2, 0) is 9.53 Å². The Kier molecular flexibility index (Phi) is 6.45. The largest absolute Gasteiger partial charge is 0.466 e. The molecule has 0 aliphatic heterocycles. The van der Waals surface area contributed by atoms with E-state index in [4.69, 9.17) is 16.3 Å². The molecular weight excluding hydrogens is 280 g/mol. The molecule has 0 aliphatic rings. The van der Waals surface area contributed by atoms with Crippen LogP contribution in [0.15, 0.2) is 12.1 Å². The summed E-state index contributed by atoms with van der Waals surface area (Å²) in [6.45, 7) is 6.25. The standard InChI is InChI=1S/C14H19ClN2O3/c1-4-20-13(18)5-6-16-14(19)10-7-11(9(2)3)17-12(15)8-10/h7-9H,4-6H2,1-3H3,(H,16,19). The minimum Gasteiger partial charge on any atom is -0.466 e. The Labute approximate surface area is 123 Å². The molecule has 110 valence electrons. The molecule has 1 N–H and O–H groups in total. The molecule has 20 heavy (non-hydrogen) atoms. The van der Waals surface area contributed by atoms with Crippen molar-refractivity contribution in [2.45, 2.75) is 33.1 Å². The van der Waals surface area contributed by atoms with Gasteiger partial charge in [0, 0.05) is 17.8 Å². The molecular formula is C14H19ClN2O3. The number of ether oxygens (including phenoxy) is 1. The molecule has 0 saturated carbocycles. The highest BCUT2D eigenvalue weighted by Gasteiger charge is 2.11. The lowest BCUT2D eigenvalue weighted by Crippen LogP contribution is -2.26. The molecule has 1 aromatic rings. The van der Waals surface area contributed by atoms with Crippen molar-refractivity contribution in [3.63, 3.8) is 0 Å². The van der Waals surface area contributed by atoms with Crippen molar-refractivity contribution in [3.8, 4) is 0 Å². The van der Waals surface area contributed by atoms with Crippen molar-refractivity contribution in [2.75, 3.05) is 13.2 Å². The van der Waals surface area contributed by atoms with E-state index >= 15 is 0 Å². The summed E-state index contributed by atoms with van der Waals surface area (Å²) in [5.41, 5.74) is 1.20. The Hall–Kier alpha value is -1.62. The van der Waals surface area contributed by atoms with E-state index in [2.05, 4.69) is 10.3 Å². The Balaban J connectivity index is 2.61. The Bertz CT molecular complexity index is 489. The molecule has 1 heterocycles. The summed E-state index contributed by atoms with van der Waals surface area (Å²) >= 11 is 5.90. The fourth-order valence-corrected chi connectivity index (χ4v) is 1.77. The first-order valence-corrected chi connectivity index (χ1v) is 6.93. The summed E-state index contributed by atoms with van der Waals surface area (Å²) in [5, 5.41) is 2.94. The molecule has 0 bridgehead atoms. The number of nitrogens with one attached hydrogen (secondary N) is 1. The van der Waals surface area contributed by atoms with Crippen molar-refractivity contribution >= 4 is 23.5 Å². The van der Waals surface area contributed by atoms with Gasteiger partial charge in [0.15, 0.2) is 0 Å². The number of rotatable bonds is 6. The van der Waals surface area contributed by atoms with Gasteiger partial charge < -0.3 is 10.1 Å². The van der Waals surface area contributed by atoms with Gasteiger partial charge in [-0.05, 0) is 25.0 Å². The third-order valence-corrected chi connectivity index (χ3v) is 2.78. The lowest BCUT2D eigenvalue weighted by atomic mass is 10.1. The number of hydrogen-bond donors (Lipinski definition) is 1. The van der Waals surface area contributed by atoms with Crippen LogP contribution in [0.4, 0.5) is 0 Å². The molecule has 0 radical (unpaired) electrons. The van der Waals surface area contributed by atoms with E-state index in [0.717, 1.165) is 5.69 Å². The number of hydrogen-bond acceptors (Lipinski definition) is 4. The second-order valence-corrected chi connectivity index (χ2v) is 4.96. The van der Waals surface area contributed by atoms with Gasteiger partial charge >= 0.3 is 5.97 Å². The highest BCUT2D eigenvalue weighted by atomic mass is 35.5. The molecule has 1 amide bonds. The van der Waals surface area contributed by atoms with Gasteiger partial charge in [-0.1, -0.05) is 25.4 Å². The van der Waals surface area contributed by atoms with E-state index < -0.39 is 0 Å². The van der Waals surface area contributed by atoms with Crippen molar-refractivity contribution in [1.82, 2.24) is 10.3 Å². The summed E-state index contributed by atoms with van der Waals surface area (Å²) < 4.78 is 4.78. The number of esters is 1. The zero-order valence-electron chi connectivity index (χ0n) is 11.9. The van der Waals surface area contributed by atoms with Crippen LogP contribution < -0.4 is 5.32 Å². The maximum absolute atomic E-state index is 12.0. The molecule has 0 spiro atoms. The lowest BCUT2D eigenvalue weighted by molar-refractivity contribution is -0.142. The highest BCUT2D eigenvalue weighted by Crippen LogP contribution is 2.17. The first kappa shape index (κ1) is 16.4. The molecule has 5 nitrogen and oxygen atoms in total. The van der Waals surface area contributed by atoms with Gasteiger partial charge in [-0.25, -0.2) is 4.98 Å². The maximum atomic E-state index is 12.0. The molecule has 1 rings (SSSR count). The van der Waals surface area contributed by atoms with Gasteiger partial charge in [0.2, 0.25) is 0 Å². The van der Waals surface area contributed by atoms with Crippen molar-refractivity contribution in [2.24, 2.45) is 0 Å². The average molecular weight is 299 g/mol. The monoisotopic (exact) mass is 298 g/mol. The number of amides is 1. The molecule has 0 atom stereocenters. The summed E-state index contributed by atoms with van der Waals surface area (Å²) in [6.07, 6.45) is 0.148. The van der Waals surface area contributed by atoms with Crippen LogP contribution in [-0.4, -0.2) is 30.0 Å². The number of nitrogens with zero attached hydrogens (tertiary/aromatic N) is 1. The summed E-state index contributed by atoms with van der Waals surface area (Å²) in [5.74, 6) is -0.427. The van der Waals surface area contributed by atoms with Crippen molar-refractivity contribution in [3.05, 3.63) is 28.5 Å².